The molecule has 1 aromatic rings. The average Bonchev–Trinajstić information content (AvgIpc) is 2.40. The molecule has 0 aliphatic carbocycles. The second-order valence-electron chi connectivity index (χ2n) is 5.16. The topological polar surface area (TPSA) is 12.0 Å². The zero-order chi connectivity index (χ0) is 12.1. The second kappa shape index (κ2) is 6.20. The number of aryl methyl sites for hydroxylation is 2. The number of benzene rings is 1. The van der Waals surface area contributed by atoms with Crippen molar-refractivity contribution in [1.82, 2.24) is 5.32 Å². The fourth-order valence-electron chi connectivity index (χ4n) is 2.80. The smallest absolute Gasteiger partial charge is 0.0108 e. The van der Waals surface area contributed by atoms with Crippen LogP contribution in [0.15, 0.2) is 18.2 Å². The average molecular weight is 231 g/mol. The molecule has 2 rings (SSSR count). The highest BCUT2D eigenvalue weighted by atomic mass is 14.9. The maximum absolute atomic E-state index is 3.66. The summed E-state index contributed by atoms with van der Waals surface area (Å²) < 4.78 is 0. The first kappa shape index (κ1) is 12.6. The monoisotopic (exact) mass is 231 g/mol. The quantitative estimate of drug-likeness (QED) is 0.836. The van der Waals surface area contributed by atoms with Gasteiger partial charge in [-0.3, -0.25) is 0 Å². The van der Waals surface area contributed by atoms with Gasteiger partial charge in [-0.2, -0.15) is 0 Å². The molecule has 0 spiro atoms. The Morgan fingerprint density at radius 1 is 1.12 bits per heavy atom. The van der Waals surface area contributed by atoms with E-state index in [-0.39, 0.29) is 0 Å². The van der Waals surface area contributed by atoms with E-state index in [1.165, 1.54) is 43.4 Å². The van der Waals surface area contributed by atoms with E-state index in [9.17, 15) is 0 Å². The molecule has 1 nitrogen and oxygen atoms in total. The maximum atomic E-state index is 3.66. The molecule has 1 unspecified atom stereocenters. The van der Waals surface area contributed by atoms with Crippen LogP contribution >= 0.6 is 0 Å². The molecule has 17 heavy (non-hydrogen) atoms. The zero-order valence-electron chi connectivity index (χ0n) is 11.3. The molecule has 1 aliphatic heterocycles. The summed E-state index contributed by atoms with van der Waals surface area (Å²) in [4.78, 5) is 0. The van der Waals surface area contributed by atoms with Crippen LogP contribution in [0, 0.1) is 0 Å². The molecule has 94 valence electrons. The van der Waals surface area contributed by atoms with E-state index in [0.717, 1.165) is 12.8 Å². The molecule has 0 aromatic heterocycles. The lowest BCUT2D eigenvalue weighted by Crippen LogP contribution is -2.35. The van der Waals surface area contributed by atoms with E-state index in [1.807, 2.05) is 0 Å². The molecule has 0 radical (unpaired) electrons. The minimum atomic E-state index is 0.709. The van der Waals surface area contributed by atoms with Gasteiger partial charge in [-0.15, -0.1) is 0 Å². The number of hydrogen-bond donors (Lipinski definition) is 1. The van der Waals surface area contributed by atoms with E-state index < -0.39 is 0 Å². The summed E-state index contributed by atoms with van der Waals surface area (Å²) in [6.45, 7) is 5.71. The standard InChI is InChI=1S/C16H25N/c1-3-13-8-9-14(4-2)15(11-13)12-16-7-5-6-10-17-16/h8-9,11,16-17H,3-7,10,12H2,1-2H3. The fraction of sp³-hybridized carbons (Fsp3) is 0.625. The van der Waals surface area contributed by atoms with Crippen molar-refractivity contribution in [3.8, 4) is 0 Å². The van der Waals surface area contributed by atoms with Gasteiger partial charge in [0.25, 0.3) is 0 Å². The molecule has 1 N–H and O–H groups in total. The molecule has 1 fully saturated rings. The van der Waals surface area contributed by atoms with Crippen LogP contribution in [0.3, 0.4) is 0 Å². The van der Waals surface area contributed by atoms with Crippen molar-refractivity contribution in [3.05, 3.63) is 34.9 Å². The third-order valence-corrected chi connectivity index (χ3v) is 3.94. The Kier molecular flexibility index (Phi) is 4.61. The Balaban J connectivity index is 2.11. The van der Waals surface area contributed by atoms with Crippen molar-refractivity contribution < 1.29 is 0 Å². The second-order valence-corrected chi connectivity index (χ2v) is 5.16. The SMILES string of the molecule is CCc1ccc(CC)c(CC2CCCCN2)c1. The van der Waals surface area contributed by atoms with Crippen LogP contribution in [-0.2, 0) is 19.3 Å². The number of rotatable bonds is 4. The van der Waals surface area contributed by atoms with Gasteiger partial charge in [0.2, 0.25) is 0 Å². The number of piperidine rings is 1. The number of nitrogens with one attached hydrogen (secondary N) is 1. The van der Waals surface area contributed by atoms with Crippen molar-refractivity contribution in [2.24, 2.45) is 0 Å². The van der Waals surface area contributed by atoms with Gasteiger partial charge in [0, 0.05) is 6.04 Å². The predicted octanol–water partition coefficient (Wildman–Crippen LogP) is 3.50. The minimum absolute atomic E-state index is 0.709. The molecule has 1 aromatic carbocycles. The Morgan fingerprint density at radius 2 is 2.00 bits per heavy atom. The zero-order valence-corrected chi connectivity index (χ0v) is 11.3. The molecule has 1 aliphatic rings. The first-order valence-corrected chi connectivity index (χ1v) is 7.17. The summed E-state index contributed by atoms with van der Waals surface area (Å²) in [7, 11) is 0. The Bertz CT molecular complexity index is 351. The normalized spacial score (nSPS) is 20.5. The van der Waals surface area contributed by atoms with Crippen molar-refractivity contribution in [2.45, 2.75) is 58.4 Å². The summed E-state index contributed by atoms with van der Waals surface area (Å²) in [6.07, 6.45) is 7.62. The summed E-state index contributed by atoms with van der Waals surface area (Å²) in [5.41, 5.74) is 4.59. The molecule has 0 saturated carbocycles. The Labute approximate surface area is 106 Å². The van der Waals surface area contributed by atoms with Gasteiger partial charge in [0.1, 0.15) is 0 Å². The van der Waals surface area contributed by atoms with Gasteiger partial charge in [-0.1, -0.05) is 38.5 Å². The highest BCUT2D eigenvalue weighted by molar-refractivity contribution is 5.33. The summed E-state index contributed by atoms with van der Waals surface area (Å²) >= 11 is 0. The van der Waals surface area contributed by atoms with Crippen LogP contribution in [0.4, 0.5) is 0 Å². The molecule has 1 heterocycles. The summed E-state index contributed by atoms with van der Waals surface area (Å²) in [5.74, 6) is 0. The van der Waals surface area contributed by atoms with Crippen LogP contribution in [0.25, 0.3) is 0 Å². The third kappa shape index (κ3) is 3.32. The molecule has 0 amide bonds. The highest BCUT2D eigenvalue weighted by Gasteiger charge is 2.14. The van der Waals surface area contributed by atoms with Crippen molar-refractivity contribution >= 4 is 0 Å². The summed E-state index contributed by atoms with van der Waals surface area (Å²) in [5, 5.41) is 3.66. The molecule has 0 bridgehead atoms. The van der Waals surface area contributed by atoms with Crippen LogP contribution in [-0.4, -0.2) is 12.6 Å². The Morgan fingerprint density at radius 3 is 2.65 bits per heavy atom. The van der Waals surface area contributed by atoms with Gasteiger partial charge in [-0.25, -0.2) is 0 Å². The first-order chi connectivity index (χ1) is 8.33. The largest absolute Gasteiger partial charge is 0.314 e. The van der Waals surface area contributed by atoms with Gasteiger partial charge < -0.3 is 5.32 Å². The minimum Gasteiger partial charge on any atom is -0.314 e. The molecule has 1 saturated heterocycles. The molecule has 1 heteroatoms. The summed E-state index contributed by atoms with van der Waals surface area (Å²) in [6, 6.07) is 7.75. The van der Waals surface area contributed by atoms with Gasteiger partial charge >= 0.3 is 0 Å². The van der Waals surface area contributed by atoms with E-state index in [2.05, 4.69) is 37.4 Å². The maximum Gasteiger partial charge on any atom is 0.0108 e. The van der Waals surface area contributed by atoms with Crippen LogP contribution in [0.2, 0.25) is 0 Å². The van der Waals surface area contributed by atoms with E-state index in [1.54, 1.807) is 5.56 Å². The van der Waals surface area contributed by atoms with Crippen molar-refractivity contribution in [3.63, 3.8) is 0 Å². The molecule has 1 atom stereocenters. The van der Waals surface area contributed by atoms with Crippen molar-refractivity contribution in [1.29, 1.82) is 0 Å². The van der Waals surface area contributed by atoms with Gasteiger partial charge in [-0.05, 0) is 55.3 Å². The third-order valence-electron chi connectivity index (χ3n) is 3.94. The fourth-order valence-corrected chi connectivity index (χ4v) is 2.80. The van der Waals surface area contributed by atoms with E-state index >= 15 is 0 Å². The van der Waals surface area contributed by atoms with Crippen LogP contribution < -0.4 is 5.32 Å². The number of hydrogen-bond acceptors (Lipinski definition) is 1. The highest BCUT2D eigenvalue weighted by Crippen LogP contribution is 2.18. The van der Waals surface area contributed by atoms with Gasteiger partial charge in [0.15, 0.2) is 0 Å². The lowest BCUT2D eigenvalue weighted by molar-refractivity contribution is 0.398. The van der Waals surface area contributed by atoms with Gasteiger partial charge in [0.05, 0.1) is 0 Å². The van der Waals surface area contributed by atoms with Crippen LogP contribution in [0.5, 0.6) is 0 Å². The van der Waals surface area contributed by atoms with Crippen LogP contribution in [0.1, 0.15) is 49.8 Å². The molecular weight excluding hydrogens is 206 g/mol. The molecular formula is C16H25N. The lowest BCUT2D eigenvalue weighted by Gasteiger charge is -2.24. The Hall–Kier alpha value is -0.820. The first-order valence-electron chi connectivity index (χ1n) is 7.17. The van der Waals surface area contributed by atoms with E-state index in [0.29, 0.717) is 6.04 Å². The lowest BCUT2D eigenvalue weighted by atomic mass is 9.92. The van der Waals surface area contributed by atoms with E-state index in [4.69, 9.17) is 0 Å². The van der Waals surface area contributed by atoms with Crippen molar-refractivity contribution in [2.75, 3.05) is 6.54 Å². The predicted molar refractivity (Wildman–Crippen MR) is 74.5 cm³/mol.